The topological polar surface area (TPSA) is 90.4 Å². The van der Waals surface area contributed by atoms with Crippen LogP contribution in [-0.2, 0) is 11.2 Å². The second kappa shape index (κ2) is 6.23. The molecule has 100 valence electrons. The highest BCUT2D eigenvalue weighted by molar-refractivity contribution is 5.88. The highest BCUT2D eigenvalue weighted by Gasteiger charge is 2.15. The van der Waals surface area contributed by atoms with Crippen LogP contribution in [0, 0.1) is 13.8 Å². The number of nitrogens with one attached hydrogen (secondary N) is 1. The van der Waals surface area contributed by atoms with Crippen LogP contribution >= 0.6 is 0 Å². The van der Waals surface area contributed by atoms with Gasteiger partial charge in [-0.15, -0.1) is 0 Å². The monoisotopic (exact) mass is 253 g/mol. The molecule has 18 heavy (non-hydrogen) atoms. The molecule has 0 aliphatic heterocycles. The maximum Gasteiger partial charge on any atom is 0.352 e. The van der Waals surface area contributed by atoms with Gasteiger partial charge in [0.15, 0.2) is 0 Å². The molecular formula is C13H19NO4. The molecule has 0 spiro atoms. The second-order valence-corrected chi connectivity index (χ2v) is 4.49. The Morgan fingerprint density at radius 3 is 2.28 bits per heavy atom. The van der Waals surface area contributed by atoms with E-state index >= 15 is 0 Å². The van der Waals surface area contributed by atoms with Crippen LogP contribution in [-0.4, -0.2) is 27.1 Å². The van der Waals surface area contributed by atoms with Gasteiger partial charge in [0.2, 0.25) is 0 Å². The Hall–Kier alpha value is -1.78. The Bertz CT molecular complexity index is 448. The smallest absolute Gasteiger partial charge is 0.352 e. The van der Waals surface area contributed by atoms with Crippen molar-refractivity contribution in [3.05, 3.63) is 22.5 Å². The average Bonchev–Trinajstić information content (AvgIpc) is 2.55. The fourth-order valence-electron chi connectivity index (χ4n) is 2.13. The van der Waals surface area contributed by atoms with E-state index in [1.165, 1.54) is 0 Å². The van der Waals surface area contributed by atoms with Crippen molar-refractivity contribution in [1.82, 2.24) is 4.98 Å². The summed E-state index contributed by atoms with van der Waals surface area (Å²) in [6.07, 6.45) is 3.39. The molecule has 0 bridgehead atoms. The van der Waals surface area contributed by atoms with Crippen molar-refractivity contribution < 1.29 is 19.8 Å². The fraction of sp³-hybridized carbons (Fsp3) is 0.538. The number of rotatable bonds is 7. The number of aliphatic carboxylic acids is 1. The first kappa shape index (κ1) is 14.3. The molecule has 1 aromatic rings. The van der Waals surface area contributed by atoms with Crippen LogP contribution in [0.5, 0.6) is 0 Å². The van der Waals surface area contributed by atoms with Crippen LogP contribution in [0.3, 0.4) is 0 Å². The van der Waals surface area contributed by atoms with Gasteiger partial charge in [0.25, 0.3) is 0 Å². The number of aromatic carboxylic acids is 1. The predicted octanol–water partition coefficient (Wildman–Crippen LogP) is 2.52. The maximum absolute atomic E-state index is 10.9. The normalized spacial score (nSPS) is 10.6. The summed E-state index contributed by atoms with van der Waals surface area (Å²) in [5.41, 5.74) is 2.98. The summed E-state index contributed by atoms with van der Waals surface area (Å²) in [7, 11) is 0. The number of unbranched alkanes of at least 4 members (excludes halogenated alkanes) is 2. The quantitative estimate of drug-likeness (QED) is 0.651. The number of aromatic amines is 1. The second-order valence-electron chi connectivity index (χ2n) is 4.49. The average molecular weight is 253 g/mol. The molecule has 1 aromatic heterocycles. The van der Waals surface area contributed by atoms with Crippen molar-refractivity contribution in [2.45, 2.75) is 46.0 Å². The zero-order chi connectivity index (χ0) is 13.7. The summed E-state index contributed by atoms with van der Waals surface area (Å²) in [4.78, 5) is 24.2. The number of hydrogen-bond donors (Lipinski definition) is 3. The molecule has 5 heteroatoms. The van der Waals surface area contributed by atoms with E-state index in [4.69, 9.17) is 10.2 Å². The Morgan fingerprint density at radius 2 is 1.78 bits per heavy atom. The number of H-pyrrole nitrogens is 1. The van der Waals surface area contributed by atoms with Crippen LogP contribution in [0.4, 0.5) is 0 Å². The summed E-state index contributed by atoms with van der Waals surface area (Å²) < 4.78 is 0. The summed E-state index contributed by atoms with van der Waals surface area (Å²) in [5.74, 6) is -1.70. The molecule has 0 radical (unpaired) electrons. The van der Waals surface area contributed by atoms with Crippen LogP contribution in [0.1, 0.15) is 53.0 Å². The van der Waals surface area contributed by atoms with Crippen LogP contribution in [0.25, 0.3) is 0 Å². The molecule has 3 N–H and O–H groups in total. The fourth-order valence-corrected chi connectivity index (χ4v) is 2.13. The molecule has 0 fully saturated rings. The van der Waals surface area contributed by atoms with Crippen molar-refractivity contribution in [3.63, 3.8) is 0 Å². The van der Waals surface area contributed by atoms with E-state index in [2.05, 4.69) is 4.98 Å². The van der Waals surface area contributed by atoms with Gasteiger partial charge in [0.1, 0.15) is 5.69 Å². The SMILES string of the molecule is Cc1[nH]c(C(=O)O)c(C)c1CCCCCC(=O)O. The van der Waals surface area contributed by atoms with E-state index in [1.54, 1.807) is 6.92 Å². The third-order valence-electron chi connectivity index (χ3n) is 3.12. The molecule has 1 rings (SSSR count). The van der Waals surface area contributed by atoms with E-state index in [0.29, 0.717) is 6.42 Å². The van der Waals surface area contributed by atoms with Crippen LogP contribution in [0.2, 0.25) is 0 Å². The van der Waals surface area contributed by atoms with Gasteiger partial charge in [0, 0.05) is 12.1 Å². The molecule has 0 amide bonds. The third kappa shape index (κ3) is 3.61. The standard InChI is InChI=1S/C13H19NO4/c1-8-10(6-4-3-5-7-11(15)16)9(2)14-12(8)13(17)18/h14H,3-7H2,1-2H3,(H,15,16)(H,17,18). The van der Waals surface area contributed by atoms with E-state index in [1.807, 2.05) is 6.92 Å². The lowest BCUT2D eigenvalue weighted by Gasteiger charge is -2.02. The number of aryl methyl sites for hydroxylation is 1. The number of hydrogen-bond acceptors (Lipinski definition) is 2. The first-order chi connectivity index (χ1) is 8.43. The lowest BCUT2D eigenvalue weighted by Crippen LogP contribution is -1.99. The summed E-state index contributed by atoms with van der Waals surface area (Å²) >= 11 is 0. The predicted molar refractivity (Wildman–Crippen MR) is 67.0 cm³/mol. The van der Waals surface area contributed by atoms with Gasteiger partial charge in [-0.2, -0.15) is 0 Å². The van der Waals surface area contributed by atoms with E-state index in [0.717, 1.165) is 36.1 Å². The highest BCUT2D eigenvalue weighted by atomic mass is 16.4. The summed E-state index contributed by atoms with van der Waals surface area (Å²) in [6, 6.07) is 0. The van der Waals surface area contributed by atoms with Crippen LogP contribution < -0.4 is 0 Å². The lowest BCUT2D eigenvalue weighted by atomic mass is 10.0. The molecule has 0 atom stereocenters. The van der Waals surface area contributed by atoms with Crippen molar-refractivity contribution in [1.29, 1.82) is 0 Å². The van der Waals surface area contributed by atoms with Gasteiger partial charge < -0.3 is 15.2 Å². The molecule has 0 aromatic carbocycles. The summed E-state index contributed by atoms with van der Waals surface area (Å²) in [6.45, 7) is 3.67. The third-order valence-corrected chi connectivity index (χ3v) is 3.12. The van der Waals surface area contributed by atoms with Gasteiger partial charge >= 0.3 is 11.9 Å². The van der Waals surface area contributed by atoms with Gasteiger partial charge in [-0.3, -0.25) is 4.79 Å². The Balaban J connectivity index is 2.52. The minimum absolute atomic E-state index is 0.200. The number of aromatic nitrogens is 1. The molecular weight excluding hydrogens is 234 g/mol. The summed E-state index contributed by atoms with van der Waals surface area (Å²) in [5, 5.41) is 17.5. The Kier molecular flexibility index (Phi) is 4.95. The van der Waals surface area contributed by atoms with Gasteiger partial charge in [-0.1, -0.05) is 6.42 Å². The number of carbonyl (C=O) groups is 2. The molecule has 5 nitrogen and oxygen atoms in total. The van der Waals surface area contributed by atoms with Gasteiger partial charge in [-0.25, -0.2) is 4.79 Å². The first-order valence-corrected chi connectivity index (χ1v) is 6.06. The number of carboxylic acids is 2. The van der Waals surface area contributed by atoms with Crippen molar-refractivity contribution in [2.24, 2.45) is 0 Å². The molecule has 0 aliphatic rings. The lowest BCUT2D eigenvalue weighted by molar-refractivity contribution is -0.137. The van der Waals surface area contributed by atoms with Crippen molar-refractivity contribution in [2.75, 3.05) is 0 Å². The molecule has 0 saturated heterocycles. The van der Waals surface area contributed by atoms with Crippen molar-refractivity contribution >= 4 is 11.9 Å². The molecule has 0 unspecified atom stereocenters. The van der Waals surface area contributed by atoms with E-state index < -0.39 is 11.9 Å². The minimum Gasteiger partial charge on any atom is -0.481 e. The largest absolute Gasteiger partial charge is 0.481 e. The zero-order valence-electron chi connectivity index (χ0n) is 10.7. The number of carboxylic acid groups (broad SMARTS) is 2. The Labute approximate surface area is 106 Å². The van der Waals surface area contributed by atoms with E-state index in [9.17, 15) is 9.59 Å². The minimum atomic E-state index is -0.937. The highest BCUT2D eigenvalue weighted by Crippen LogP contribution is 2.20. The first-order valence-electron chi connectivity index (χ1n) is 6.06. The molecule has 0 aliphatic carbocycles. The van der Waals surface area contributed by atoms with Gasteiger partial charge in [-0.05, 0) is 44.2 Å². The van der Waals surface area contributed by atoms with Gasteiger partial charge in [0.05, 0.1) is 0 Å². The van der Waals surface area contributed by atoms with Crippen molar-refractivity contribution in [3.8, 4) is 0 Å². The molecule has 1 heterocycles. The molecule has 0 saturated carbocycles. The zero-order valence-corrected chi connectivity index (χ0v) is 10.7. The maximum atomic E-state index is 10.9. The van der Waals surface area contributed by atoms with Crippen LogP contribution in [0.15, 0.2) is 0 Å². The Morgan fingerprint density at radius 1 is 1.11 bits per heavy atom. The van der Waals surface area contributed by atoms with E-state index in [-0.39, 0.29) is 12.1 Å².